The second kappa shape index (κ2) is 8.87. The van der Waals surface area contributed by atoms with Gasteiger partial charge in [-0.2, -0.15) is 0 Å². The Morgan fingerprint density at radius 1 is 1.12 bits per heavy atom. The minimum absolute atomic E-state index is 0.203. The molecule has 0 aromatic heterocycles. The van der Waals surface area contributed by atoms with Gasteiger partial charge in [-0.05, 0) is 55.0 Å². The van der Waals surface area contributed by atoms with Crippen LogP contribution in [0.5, 0.6) is 0 Å². The summed E-state index contributed by atoms with van der Waals surface area (Å²) in [5, 5.41) is 7.00. The summed E-state index contributed by atoms with van der Waals surface area (Å²) in [6, 6.07) is 18.1. The van der Waals surface area contributed by atoms with E-state index < -0.39 is 0 Å². The molecular weight excluding hydrogens is 350 g/mol. The quantitative estimate of drug-likeness (QED) is 0.458. The third-order valence-corrected chi connectivity index (χ3v) is 5.17. The summed E-state index contributed by atoms with van der Waals surface area (Å²) in [7, 11) is 0. The van der Waals surface area contributed by atoms with E-state index in [1.54, 1.807) is 11.8 Å². The third-order valence-electron chi connectivity index (χ3n) is 3.91. The Kier molecular flexibility index (Phi) is 6.30. The maximum atomic E-state index is 11.8. The summed E-state index contributed by atoms with van der Waals surface area (Å²) < 4.78 is 0. The molecule has 0 atom stereocenters. The van der Waals surface area contributed by atoms with Crippen LogP contribution in [-0.4, -0.2) is 29.9 Å². The fourth-order valence-corrected chi connectivity index (χ4v) is 3.68. The SMILES string of the molecule is O=C1CCCN1c1ccc(NC(=S)NCCSc2ccccc2)cc1. The molecule has 1 fully saturated rings. The van der Waals surface area contributed by atoms with Gasteiger partial charge in [0.05, 0.1) is 0 Å². The van der Waals surface area contributed by atoms with E-state index in [9.17, 15) is 4.79 Å². The summed E-state index contributed by atoms with van der Waals surface area (Å²) in [6.07, 6.45) is 1.59. The van der Waals surface area contributed by atoms with Crippen molar-refractivity contribution in [3.63, 3.8) is 0 Å². The Balaban J connectivity index is 1.41. The number of anilines is 2. The number of rotatable bonds is 6. The number of benzene rings is 2. The summed E-state index contributed by atoms with van der Waals surface area (Å²) >= 11 is 7.13. The van der Waals surface area contributed by atoms with E-state index in [1.807, 2.05) is 47.4 Å². The Morgan fingerprint density at radius 2 is 1.88 bits per heavy atom. The van der Waals surface area contributed by atoms with Crippen LogP contribution in [0, 0.1) is 0 Å². The molecule has 0 saturated carbocycles. The first-order valence-electron chi connectivity index (χ1n) is 8.35. The standard InChI is InChI=1S/C19H21N3OS2/c23-18-7-4-13-22(18)16-10-8-15(9-11-16)21-19(24)20-12-14-25-17-5-2-1-3-6-17/h1-3,5-6,8-11H,4,7,12-14H2,(H2,20,21,24). The van der Waals surface area contributed by atoms with Crippen LogP contribution in [0.25, 0.3) is 0 Å². The highest BCUT2D eigenvalue weighted by Gasteiger charge is 2.21. The fourth-order valence-electron chi connectivity index (χ4n) is 2.67. The van der Waals surface area contributed by atoms with Crippen LogP contribution < -0.4 is 15.5 Å². The first kappa shape index (κ1) is 17.8. The zero-order chi connectivity index (χ0) is 17.5. The first-order chi connectivity index (χ1) is 12.2. The molecule has 0 unspecified atom stereocenters. The molecule has 1 saturated heterocycles. The molecule has 0 radical (unpaired) electrons. The van der Waals surface area contributed by atoms with E-state index in [-0.39, 0.29) is 5.91 Å². The lowest BCUT2D eigenvalue weighted by Gasteiger charge is -2.16. The molecule has 6 heteroatoms. The van der Waals surface area contributed by atoms with Crippen molar-refractivity contribution in [2.24, 2.45) is 0 Å². The Hall–Kier alpha value is -2.05. The number of nitrogens with one attached hydrogen (secondary N) is 2. The van der Waals surface area contributed by atoms with Gasteiger partial charge in [0.2, 0.25) is 5.91 Å². The molecule has 4 nitrogen and oxygen atoms in total. The Morgan fingerprint density at radius 3 is 2.56 bits per heavy atom. The van der Waals surface area contributed by atoms with E-state index in [0.717, 1.165) is 36.6 Å². The first-order valence-corrected chi connectivity index (χ1v) is 9.75. The largest absolute Gasteiger partial charge is 0.362 e. The average Bonchev–Trinajstić information content (AvgIpc) is 3.06. The molecule has 1 amide bonds. The van der Waals surface area contributed by atoms with Gasteiger partial charge < -0.3 is 15.5 Å². The minimum Gasteiger partial charge on any atom is -0.362 e. The summed E-state index contributed by atoms with van der Waals surface area (Å²) in [6.45, 7) is 1.61. The molecule has 0 bridgehead atoms. The second-order valence-corrected chi connectivity index (χ2v) is 7.31. The van der Waals surface area contributed by atoms with Crippen molar-refractivity contribution >= 4 is 46.4 Å². The molecular formula is C19H21N3OS2. The number of amides is 1. The minimum atomic E-state index is 0.203. The van der Waals surface area contributed by atoms with Crippen LogP contribution >= 0.6 is 24.0 Å². The van der Waals surface area contributed by atoms with Crippen molar-refractivity contribution < 1.29 is 4.79 Å². The van der Waals surface area contributed by atoms with Crippen molar-refractivity contribution in [2.45, 2.75) is 17.7 Å². The van der Waals surface area contributed by atoms with E-state index in [2.05, 4.69) is 22.8 Å². The lowest BCUT2D eigenvalue weighted by Crippen LogP contribution is -2.30. The van der Waals surface area contributed by atoms with Crippen molar-refractivity contribution in [3.05, 3.63) is 54.6 Å². The molecule has 2 N–H and O–H groups in total. The predicted octanol–water partition coefficient (Wildman–Crippen LogP) is 3.89. The van der Waals surface area contributed by atoms with Gasteiger partial charge in [-0.15, -0.1) is 11.8 Å². The van der Waals surface area contributed by atoms with Crippen molar-refractivity contribution in [3.8, 4) is 0 Å². The molecule has 2 aromatic rings. The zero-order valence-corrected chi connectivity index (χ0v) is 15.5. The number of hydrogen-bond acceptors (Lipinski definition) is 3. The van der Waals surface area contributed by atoms with Gasteiger partial charge >= 0.3 is 0 Å². The van der Waals surface area contributed by atoms with Gasteiger partial charge in [0.15, 0.2) is 5.11 Å². The zero-order valence-electron chi connectivity index (χ0n) is 13.9. The average molecular weight is 372 g/mol. The van der Waals surface area contributed by atoms with Crippen LogP contribution in [0.15, 0.2) is 59.5 Å². The monoisotopic (exact) mass is 371 g/mol. The maximum Gasteiger partial charge on any atom is 0.227 e. The number of hydrogen-bond donors (Lipinski definition) is 2. The van der Waals surface area contributed by atoms with Gasteiger partial charge in [0.25, 0.3) is 0 Å². The molecule has 130 valence electrons. The van der Waals surface area contributed by atoms with Crippen molar-refractivity contribution in [2.75, 3.05) is 29.1 Å². The second-order valence-electron chi connectivity index (χ2n) is 5.74. The Labute approximate surface area is 158 Å². The number of carbonyl (C=O) groups is 1. The van der Waals surface area contributed by atoms with Crippen LogP contribution in [0.2, 0.25) is 0 Å². The predicted molar refractivity (Wildman–Crippen MR) is 109 cm³/mol. The summed E-state index contributed by atoms with van der Waals surface area (Å²) in [5.41, 5.74) is 1.87. The fraction of sp³-hybridized carbons (Fsp3) is 0.263. The van der Waals surface area contributed by atoms with E-state index in [1.165, 1.54) is 4.90 Å². The van der Waals surface area contributed by atoms with E-state index in [4.69, 9.17) is 12.2 Å². The third kappa shape index (κ3) is 5.21. The normalized spacial score (nSPS) is 13.8. The number of carbonyl (C=O) groups excluding carboxylic acids is 1. The van der Waals surface area contributed by atoms with Crippen molar-refractivity contribution in [1.29, 1.82) is 0 Å². The van der Waals surface area contributed by atoms with Crippen LogP contribution in [0.3, 0.4) is 0 Å². The molecule has 0 aliphatic carbocycles. The molecule has 1 heterocycles. The lowest BCUT2D eigenvalue weighted by molar-refractivity contribution is -0.117. The van der Waals surface area contributed by atoms with Gasteiger partial charge in [-0.3, -0.25) is 4.79 Å². The van der Waals surface area contributed by atoms with Gasteiger partial charge in [0, 0.05) is 41.5 Å². The number of thiocarbonyl (C=S) groups is 1. The summed E-state index contributed by atoms with van der Waals surface area (Å²) in [4.78, 5) is 14.9. The molecule has 0 spiro atoms. The number of nitrogens with zero attached hydrogens (tertiary/aromatic N) is 1. The smallest absolute Gasteiger partial charge is 0.227 e. The highest BCUT2D eigenvalue weighted by atomic mass is 32.2. The van der Waals surface area contributed by atoms with Gasteiger partial charge in [-0.1, -0.05) is 18.2 Å². The molecule has 1 aliphatic rings. The molecule has 3 rings (SSSR count). The molecule has 1 aliphatic heterocycles. The highest BCUT2D eigenvalue weighted by Crippen LogP contribution is 2.23. The van der Waals surface area contributed by atoms with Gasteiger partial charge in [-0.25, -0.2) is 0 Å². The topological polar surface area (TPSA) is 44.4 Å². The molecule has 2 aromatic carbocycles. The number of thioether (sulfide) groups is 1. The Bertz CT molecular complexity index is 719. The van der Waals surface area contributed by atoms with Crippen LogP contribution in [0.4, 0.5) is 11.4 Å². The summed E-state index contributed by atoms with van der Waals surface area (Å²) in [5.74, 6) is 1.15. The lowest BCUT2D eigenvalue weighted by atomic mass is 10.2. The van der Waals surface area contributed by atoms with E-state index in [0.29, 0.717) is 11.5 Å². The van der Waals surface area contributed by atoms with Crippen LogP contribution in [0.1, 0.15) is 12.8 Å². The van der Waals surface area contributed by atoms with E-state index >= 15 is 0 Å². The van der Waals surface area contributed by atoms with Crippen LogP contribution in [-0.2, 0) is 4.79 Å². The van der Waals surface area contributed by atoms with Gasteiger partial charge in [0.1, 0.15) is 0 Å². The maximum absolute atomic E-state index is 11.8. The highest BCUT2D eigenvalue weighted by molar-refractivity contribution is 7.99. The molecule has 25 heavy (non-hydrogen) atoms. The van der Waals surface area contributed by atoms with Crippen molar-refractivity contribution in [1.82, 2.24) is 5.32 Å².